The van der Waals surface area contributed by atoms with Crippen molar-refractivity contribution in [3.05, 3.63) is 64.8 Å². The molecule has 7 heteroatoms. The highest BCUT2D eigenvalue weighted by Gasteiger charge is 2.20. The number of carbonyl (C=O) groups excluding carboxylic acids is 1. The summed E-state index contributed by atoms with van der Waals surface area (Å²) in [5.74, 6) is 0.933. The van der Waals surface area contributed by atoms with E-state index >= 15 is 0 Å². The molecule has 1 aromatic heterocycles. The monoisotopic (exact) mass is 413 g/mol. The summed E-state index contributed by atoms with van der Waals surface area (Å²) in [6, 6.07) is 15.1. The summed E-state index contributed by atoms with van der Waals surface area (Å²) in [6.45, 7) is 2.24. The van der Waals surface area contributed by atoms with Crippen LogP contribution in [0.15, 0.2) is 48.5 Å². The van der Waals surface area contributed by atoms with E-state index in [-0.39, 0.29) is 11.8 Å². The van der Waals surface area contributed by atoms with Crippen LogP contribution in [0.25, 0.3) is 11.1 Å². The standard InChI is InChI=1S/C22H24ClN3O3/c1-14(12-15-4-10-18(29-3)11-5-15)22(27)24-21-20(19(13-28-2)25-26-21)16-6-8-17(23)9-7-16/h4-11,14H,12-13H2,1-3H3,(H2,24,25,26,27). The average molecular weight is 414 g/mol. The van der Waals surface area contributed by atoms with E-state index < -0.39 is 0 Å². The molecular formula is C22H24ClN3O3. The van der Waals surface area contributed by atoms with E-state index in [9.17, 15) is 4.79 Å². The van der Waals surface area contributed by atoms with E-state index in [2.05, 4.69) is 15.5 Å². The zero-order chi connectivity index (χ0) is 20.8. The fourth-order valence-electron chi connectivity index (χ4n) is 3.09. The molecular weight excluding hydrogens is 390 g/mol. The molecule has 3 aromatic rings. The number of benzene rings is 2. The summed E-state index contributed by atoms with van der Waals surface area (Å²) in [5, 5.41) is 10.9. The van der Waals surface area contributed by atoms with Gasteiger partial charge in [0, 0.05) is 23.6 Å². The largest absolute Gasteiger partial charge is 0.497 e. The minimum absolute atomic E-state index is 0.105. The lowest BCUT2D eigenvalue weighted by atomic mass is 10.00. The molecule has 152 valence electrons. The third-order valence-corrected chi connectivity index (χ3v) is 4.90. The lowest BCUT2D eigenvalue weighted by Crippen LogP contribution is -2.22. The molecule has 0 aliphatic rings. The molecule has 0 saturated carbocycles. The van der Waals surface area contributed by atoms with Crippen molar-refractivity contribution in [3.63, 3.8) is 0 Å². The molecule has 1 unspecified atom stereocenters. The predicted molar refractivity (Wildman–Crippen MR) is 114 cm³/mol. The van der Waals surface area contributed by atoms with Gasteiger partial charge in [-0.15, -0.1) is 0 Å². The molecule has 2 aromatic carbocycles. The number of aromatic nitrogens is 2. The van der Waals surface area contributed by atoms with Gasteiger partial charge in [0.05, 0.1) is 19.4 Å². The quantitative estimate of drug-likeness (QED) is 0.561. The summed E-state index contributed by atoms with van der Waals surface area (Å²) in [6.07, 6.45) is 0.613. The van der Waals surface area contributed by atoms with Crippen LogP contribution in [0, 0.1) is 5.92 Å². The number of carbonyl (C=O) groups is 1. The van der Waals surface area contributed by atoms with Gasteiger partial charge >= 0.3 is 0 Å². The molecule has 1 heterocycles. The van der Waals surface area contributed by atoms with Crippen molar-refractivity contribution in [3.8, 4) is 16.9 Å². The van der Waals surface area contributed by atoms with Gasteiger partial charge in [0.15, 0.2) is 5.82 Å². The minimum atomic E-state index is -0.232. The maximum absolute atomic E-state index is 12.8. The van der Waals surface area contributed by atoms with E-state index in [1.807, 2.05) is 43.3 Å². The molecule has 1 amide bonds. The van der Waals surface area contributed by atoms with Gasteiger partial charge in [-0.25, -0.2) is 0 Å². The Bertz CT molecular complexity index is 952. The molecule has 1 atom stereocenters. The van der Waals surface area contributed by atoms with Crippen LogP contribution in [0.3, 0.4) is 0 Å². The van der Waals surface area contributed by atoms with Gasteiger partial charge < -0.3 is 14.8 Å². The van der Waals surface area contributed by atoms with Crippen molar-refractivity contribution in [2.75, 3.05) is 19.5 Å². The first kappa shape index (κ1) is 20.9. The van der Waals surface area contributed by atoms with Crippen molar-refractivity contribution >= 4 is 23.3 Å². The van der Waals surface area contributed by atoms with Crippen LogP contribution in [0.5, 0.6) is 5.75 Å². The molecule has 0 aliphatic carbocycles. The molecule has 29 heavy (non-hydrogen) atoms. The fourth-order valence-corrected chi connectivity index (χ4v) is 3.22. The Balaban J connectivity index is 1.77. The number of nitrogens with one attached hydrogen (secondary N) is 2. The van der Waals surface area contributed by atoms with Crippen LogP contribution in [-0.4, -0.2) is 30.3 Å². The molecule has 3 rings (SSSR count). The highest BCUT2D eigenvalue weighted by atomic mass is 35.5. The number of amides is 1. The molecule has 0 bridgehead atoms. The molecule has 0 radical (unpaired) electrons. The Morgan fingerprint density at radius 3 is 2.45 bits per heavy atom. The normalized spacial score (nSPS) is 11.9. The Morgan fingerprint density at radius 2 is 1.83 bits per heavy atom. The topological polar surface area (TPSA) is 76.2 Å². The zero-order valence-corrected chi connectivity index (χ0v) is 17.4. The fraction of sp³-hybridized carbons (Fsp3) is 0.273. The third kappa shape index (κ3) is 5.16. The number of nitrogens with zero attached hydrogens (tertiary/aromatic N) is 1. The maximum atomic E-state index is 12.8. The van der Waals surface area contributed by atoms with Gasteiger partial charge in [-0.3, -0.25) is 9.89 Å². The number of aromatic amines is 1. The summed E-state index contributed by atoms with van der Waals surface area (Å²) in [4.78, 5) is 12.8. The molecule has 6 nitrogen and oxygen atoms in total. The number of hydrogen-bond donors (Lipinski definition) is 2. The zero-order valence-electron chi connectivity index (χ0n) is 16.7. The van der Waals surface area contributed by atoms with Crippen molar-refractivity contribution < 1.29 is 14.3 Å². The van der Waals surface area contributed by atoms with Crippen molar-refractivity contribution in [1.29, 1.82) is 0 Å². The average Bonchev–Trinajstić information content (AvgIpc) is 3.11. The van der Waals surface area contributed by atoms with E-state index in [0.29, 0.717) is 23.9 Å². The number of H-pyrrole nitrogens is 1. The number of rotatable bonds is 8. The second kappa shape index (κ2) is 9.58. The highest BCUT2D eigenvalue weighted by Crippen LogP contribution is 2.31. The van der Waals surface area contributed by atoms with E-state index in [4.69, 9.17) is 21.1 Å². The number of hydrogen-bond acceptors (Lipinski definition) is 4. The van der Waals surface area contributed by atoms with Gasteiger partial charge in [-0.2, -0.15) is 5.10 Å². The molecule has 0 aliphatic heterocycles. The molecule has 2 N–H and O–H groups in total. The minimum Gasteiger partial charge on any atom is -0.497 e. The van der Waals surface area contributed by atoms with Gasteiger partial charge in [0.25, 0.3) is 0 Å². The second-order valence-corrected chi connectivity index (χ2v) is 7.24. The predicted octanol–water partition coefficient (Wildman–Crippen LogP) is 4.70. The van der Waals surface area contributed by atoms with Crippen molar-refractivity contribution in [2.45, 2.75) is 20.0 Å². The SMILES string of the molecule is COCc1[nH]nc(NC(=O)C(C)Cc2ccc(OC)cc2)c1-c1ccc(Cl)cc1. The summed E-state index contributed by atoms with van der Waals surface area (Å²) < 4.78 is 10.4. The lowest BCUT2D eigenvalue weighted by molar-refractivity contribution is -0.119. The smallest absolute Gasteiger partial charge is 0.228 e. The number of methoxy groups -OCH3 is 2. The number of ether oxygens (including phenoxy) is 2. The van der Waals surface area contributed by atoms with Crippen LogP contribution in [0.1, 0.15) is 18.2 Å². The maximum Gasteiger partial charge on any atom is 0.228 e. The van der Waals surface area contributed by atoms with Gasteiger partial charge in [-0.1, -0.05) is 42.8 Å². The van der Waals surface area contributed by atoms with Gasteiger partial charge in [0.2, 0.25) is 5.91 Å². The second-order valence-electron chi connectivity index (χ2n) is 6.81. The Kier molecular flexibility index (Phi) is 6.90. The first-order chi connectivity index (χ1) is 14.0. The van der Waals surface area contributed by atoms with Crippen LogP contribution >= 0.6 is 11.6 Å². The summed E-state index contributed by atoms with van der Waals surface area (Å²) in [7, 11) is 3.24. The first-order valence-electron chi connectivity index (χ1n) is 9.27. The van der Waals surface area contributed by atoms with E-state index in [1.165, 1.54) is 0 Å². The summed E-state index contributed by atoms with van der Waals surface area (Å²) in [5.41, 5.74) is 3.54. The van der Waals surface area contributed by atoms with Gasteiger partial charge in [0.1, 0.15) is 5.75 Å². The van der Waals surface area contributed by atoms with Crippen LogP contribution < -0.4 is 10.1 Å². The van der Waals surface area contributed by atoms with Crippen LogP contribution in [0.2, 0.25) is 5.02 Å². The molecule has 0 fully saturated rings. The lowest BCUT2D eigenvalue weighted by Gasteiger charge is -2.13. The Labute approximate surface area is 175 Å². The van der Waals surface area contributed by atoms with Gasteiger partial charge in [-0.05, 0) is 41.8 Å². The van der Waals surface area contributed by atoms with E-state index in [1.54, 1.807) is 26.4 Å². The van der Waals surface area contributed by atoms with E-state index in [0.717, 1.165) is 28.1 Å². The molecule has 0 saturated heterocycles. The van der Waals surface area contributed by atoms with Crippen molar-refractivity contribution in [2.24, 2.45) is 5.92 Å². The van der Waals surface area contributed by atoms with Crippen LogP contribution in [0.4, 0.5) is 5.82 Å². The van der Waals surface area contributed by atoms with Crippen LogP contribution in [-0.2, 0) is 22.6 Å². The summed E-state index contributed by atoms with van der Waals surface area (Å²) >= 11 is 6.01. The number of halogens is 1. The third-order valence-electron chi connectivity index (χ3n) is 4.65. The van der Waals surface area contributed by atoms with Crippen molar-refractivity contribution in [1.82, 2.24) is 10.2 Å². The Morgan fingerprint density at radius 1 is 1.14 bits per heavy atom. The Hall–Kier alpha value is -2.83. The highest BCUT2D eigenvalue weighted by molar-refractivity contribution is 6.30. The molecule has 0 spiro atoms. The first-order valence-corrected chi connectivity index (χ1v) is 9.65. The number of anilines is 1.